The highest BCUT2D eigenvalue weighted by atomic mass is 16.5. The highest BCUT2D eigenvalue weighted by Gasteiger charge is 2.23. The zero-order valence-corrected chi connectivity index (χ0v) is 11.5. The van der Waals surface area contributed by atoms with Crippen LogP contribution in [0.15, 0.2) is 42.6 Å². The molecule has 1 aliphatic heterocycles. The second-order valence-electron chi connectivity index (χ2n) is 4.70. The second kappa shape index (κ2) is 5.80. The molecule has 2 heterocycles. The van der Waals surface area contributed by atoms with Gasteiger partial charge in [-0.05, 0) is 30.7 Å². The summed E-state index contributed by atoms with van der Waals surface area (Å²) in [6, 6.07) is 10.9. The number of nitrogens with one attached hydrogen (secondary N) is 1. The number of hydrazine groups is 1. The summed E-state index contributed by atoms with van der Waals surface area (Å²) in [5.74, 6) is 6.44. The molecule has 0 spiro atoms. The summed E-state index contributed by atoms with van der Waals surface area (Å²) in [5, 5.41) is 0. The van der Waals surface area contributed by atoms with Crippen LogP contribution in [0.2, 0.25) is 0 Å². The van der Waals surface area contributed by atoms with E-state index in [1.165, 1.54) is 6.20 Å². The summed E-state index contributed by atoms with van der Waals surface area (Å²) in [6.07, 6.45) is 2.31. The van der Waals surface area contributed by atoms with Crippen LogP contribution in [0.5, 0.6) is 5.75 Å². The lowest BCUT2D eigenvalue weighted by Crippen LogP contribution is -2.31. The molecule has 0 saturated carbocycles. The Hall–Kier alpha value is -2.60. The Morgan fingerprint density at radius 1 is 1.29 bits per heavy atom. The maximum atomic E-state index is 12.7. The van der Waals surface area contributed by atoms with Crippen molar-refractivity contribution >= 4 is 17.4 Å². The van der Waals surface area contributed by atoms with E-state index in [0.29, 0.717) is 24.5 Å². The van der Waals surface area contributed by atoms with Crippen LogP contribution in [0.4, 0.5) is 11.5 Å². The van der Waals surface area contributed by atoms with Gasteiger partial charge >= 0.3 is 0 Å². The van der Waals surface area contributed by atoms with Crippen molar-refractivity contribution in [2.24, 2.45) is 5.84 Å². The monoisotopic (exact) mass is 284 g/mol. The van der Waals surface area contributed by atoms with Gasteiger partial charge in [0.1, 0.15) is 11.6 Å². The molecule has 1 aromatic heterocycles. The summed E-state index contributed by atoms with van der Waals surface area (Å²) in [4.78, 5) is 18.5. The molecule has 3 N–H and O–H groups in total. The third-order valence-electron chi connectivity index (χ3n) is 3.34. The predicted octanol–water partition coefficient (Wildman–Crippen LogP) is 1.80. The van der Waals surface area contributed by atoms with Crippen molar-refractivity contribution in [3.05, 3.63) is 48.2 Å². The maximum absolute atomic E-state index is 12.7. The van der Waals surface area contributed by atoms with E-state index in [0.717, 1.165) is 17.9 Å². The summed E-state index contributed by atoms with van der Waals surface area (Å²) in [6.45, 7) is 1.22. The van der Waals surface area contributed by atoms with E-state index in [1.807, 2.05) is 24.3 Å². The lowest BCUT2D eigenvalue weighted by Gasteiger charge is -2.21. The molecular weight excluding hydrogens is 268 g/mol. The fourth-order valence-electron chi connectivity index (χ4n) is 2.30. The molecule has 6 nitrogen and oxygen atoms in total. The zero-order chi connectivity index (χ0) is 14.7. The van der Waals surface area contributed by atoms with Gasteiger partial charge in [-0.1, -0.05) is 12.1 Å². The molecule has 21 heavy (non-hydrogen) atoms. The van der Waals surface area contributed by atoms with Gasteiger partial charge in [0.2, 0.25) is 0 Å². The molecule has 0 aliphatic carbocycles. The van der Waals surface area contributed by atoms with Crippen molar-refractivity contribution in [3.63, 3.8) is 0 Å². The van der Waals surface area contributed by atoms with Crippen LogP contribution in [0.1, 0.15) is 16.8 Å². The van der Waals surface area contributed by atoms with E-state index < -0.39 is 0 Å². The molecule has 108 valence electrons. The minimum absolute atomic E-state index is 0.0935. The third-order valence-corrected chi connectivity index (χ3v) is 3.34. The number of pyridine rings is 1. The first-order chi connectivity index (χ1) is 10.3. The second-order valence-corrected chi connectivity index (χ2v) is 4.70. The number of para-hydroxylation sites is 2. The number of carbonyl (C=O) groups excluding carboxylic acids is 1. The number of amides is 1. The molecule has 0 unspecified atom stereocenters. The SMILES string of the molecule is NNc1ccc(C(=O)N2CCCOc3ccccc32)cn1. The topological polar surface area (TPSA) is 80.5 Å². The van der Waals surface area contributed by atoms with E-state index in [4.69, 9.17) is 10.6 Å². The van der Waals surface area contributed by atoms with Gasteiger partial charge in [0.25, 0.3) is 5.91 Å². The molecule has 0 fully saturated rings. The van der Waals surface area contributed by atoms with Gasteiger partial charge in [0.15, 0.2) is 0 Å². The van der Waals surface area contributed by atoms with Gasteiger partial charge in [-0.15, -0.1) is 0 Å². The van der Waals surface area contributed by atoms with Crippen LogP contribution in [-0.2, 0) is 0 Å². The van der Waals surface area contributed by atoms with E-state index in [2.05, 4.69) is 10.4 Å². The molecule has 1 amide bonds. The lowest BCUT2D eigenvalue weighted by molar-refractivity contribution is 0.0987. The van der Waals surface area contributed by atoms with Gasteiger partial charge < -0.3 is 15.1 Å². The molecule has 1 aliphatic rings. The Kier molecular flexibility index (Phi) is 3.70. The Labute approximate surface area is 122 Å². The number of nitrogens with two attached hydrogens (primary N) is 1. The van der Waals surface area contributed by atoms with Crippen LogP contribution in [0.3, 0.4) is 0 Å². The average molecular weight is 284 g/mol. The first kappa shape index (κ1) is 13.4. The number of hydrogen-bond acceptors (Lipinski definition) is 5. The van der Waals surface area contributed by atoms with Crippen molar-refractivity contribution < 1.29 is 9.53 Å². The maximum Gasteiger partial charge on any atom is 0.259 e. The number of nitrogens with zero attached hydrogens (tertiary/aromatic N) is 2. The van der Waals surface area contributed by atoms with Gasteiger partial charge in [-0.25, -0.2) is 10.8 Å². The van der Waals surface area contributed by atoms with Gasteiger partial charge in [-0.2, -0.15) is 0 Å². The smallest absolute Gasteiger partial charge is 0.259 e. The van der Waals surface area contributed by atoms with Crippen LogP contribution >= 0.6 is 0 Å². The molecule has 6 heteroatoms. The number of fused-ring (bicyclic) bond motifs is 1. The largest absolute Gasteiger partial charge is 0.491 e. The minimum Gasteiger partial charge on any atom is -0.491 e. The molecule has 0 bridgehead atoms. The van der Waals surface area contributed by atoms with Crippen molar-refractivity contribution in [2.75, 3.05) is 23.5 Å². The summed E-state index contributed by atoms with van der Waals surface area (Å²) < 4.78 is 5.67. The zero-order valence-electron chi connectivity index (χ0n) is 11.5. The highest BCUT2D eigenvalue weighted by molar-refractivity contribution is 6.06. The Morgan fingerprint density at radius 3 is 2.90 bits per heavy atom. The van der Waals surface area contributed by atoms with Crippen LogP contribution in [0, 0.1) is 0 Å². The highest BCUT2D eigenvalue weighted by Crippen LogP contribution is 2.31. The molecule has 0 atom stereocenters. The average Bonchev–Trinajstić information content (AvgIpc) is 2.77. The van der Waals surface area contributed by atoms with Crippen molar-refractivity contribution in [2.45, 2.75) is 6.42 Å². The van der Waals surface area contributed by atoms with Crippen molar-refractivity contribution in [1.29, 1.82) is 0 Å². The number of benzene rings is 1. The molecule has 3 rings (SSSR count). The van der Waals surface area contributed by atoms with E-state index >= 15 is 0 Å². The van der Waals surface area contributed by atoms with Crippen LogP contribution in [-0.4, -0.2) is 24.0 Å². The molecule has 0 radical (unpaired) electrons. The quantitative estimate of drug-likeness (QED) is 0.649. The van der Waals surface area contributed by atoms with E-state index in [1.54, 1.807) is 17.0 Å². The number of carbonyl (C=O) groups is 1. The summed E-state index contributed by atoms with van der Waals surface area (Å²) >= 11 is 0. The fourth-order valence-corrected chi connectivity index (χ4v) is 2.30. The number of rotatable bonds is 2. The van der Waals surface area contributed by atoms with Gasteiger partial charge in [-0.3, -0.25) is 4.79 Å². The van der Waals surface area contributed by atoms with Crippen molar-refractivity contribution in [1.82, 2.24) is 4.98 Å². The first-order valence-corrected chi connectivity index (χ1v) is 6.76. The van der Waals surface area contributed by atoms with Gasteiger partial charge in [0.05, 0.1) is 17.9 Å². The lowest BCUT2D eigenvalue weighted by atomic mass is 10.2. The number of ether oxygens (including phenoxy) is 1. The Bertz CT molecular complexity index is 642. The Morgan fingerprint density at radius 2 is 2.14 bits per heavy atom. The third kappa shape index (κ3) is 2.66. The minimum atomic E-state index is -0.0935. The summed E-state index contributed by atoms with van der Waals surface area (Å²) in [5.41, 5.74) is 3.75. The first-order valence-electron chi connectivity index (χ1n) is 6.76. The van der Waals surface area contributed by atoms with Crippen molar-refractivity contribution in [3.8, 4) is 5.75 Å². The standard InChI is InChI=1S/C15H16N4O2/c16-18-14-7-6-11(10-17-14)15(20)19-8-3-9-21-13-5-2-1-4-12(13)19/h1-2,4-7,10H,3,8-9,16H2,(H,17,18). The number of aromatic nitrogens is 1. The van der Waals surface area contributed by atoms with Crippen LogP contribution in [0.25, 0.3) is 0 Å². The number of anilines is 2. The predicted molar refractivity (Wildman–Crippen MR) is 80.3 cm³/mol. The van der Waals surface area contributed by atoms with Gasteiger partial charge in [0, 0.05) is 12.7 Å². The van der Waals surface area contributed by atoms with Crippen LogP contribution < -0.4 is 20.9 Å². The Balaban J connectivity index is 1.93. The number of nitrogen functional groups attached to an aromatic ring is 1. The normalized spacial score (nSPS) is 13.9. The molecule has 2 aromatic rings. The fraction of sp³-hybridized carbons (Fsp3) is 0.200. The van der Waals surface area contributed by atoms with E-state index in [-0.39, 0.29) is 5.91 Å². The molecule has 1 aromatic carbocycles. The number of hydrogen-bond donors (Lipinski definition) is 2. The molecule has 0 saturated heterocycles. The van der Waals surface area contributed by atoms with E-state index in [9.17, 15) is 4.79 Å². The molecular formula is C15H16N4O2. The summed E-state index contributed by atoms with van der Waals surface area (Å²) in [7, 11) is 0.